The summed E-state index contributed by atoms with van der Waals surface area (Å²) in [5, 5.41) is 19.8. The normalized spacial score (nSPS) is 12.9. The summed E-state index contributed by atoms with van der Waals surface area (Å²) in [6, 6.07) is 9.10. The lowest BCUT2D eigenvalue weighted by atomic mass is 10.0. The molecule has 5 nitrogen and oxygen atoms in total. The van der Waals surface area contributed by atoms with Gasteiger partial charge in [0.05, 0.1) is 11.6 Å². The summed E-state index contributed by atoms with van der Waals surface area (Å²) in [6.45, 7) is 4.20. The number of carbonyl (C=O) groups is 1. The van der Waals surface area contributed by atoms with Crippen molar-refractivity contribution in [2.75, 3.05) is 0 Å². The van der Waals surface area contributed by atoms with E-state index in [1.165, 1.54) is 0 Å². The van der Waals surface area contributed by atoms with E-state index in [1.54, 1.807) is 34.2 Å². The van der Waals surface area contributed by atoms with Crippen LogP contribution in [0.4, 0.5) is 0 Å². The van der Waals surface area contributed by atoms with Gasteiger partial charge in [-0.05, 0) is 29.5 Å². The number of rotatable bonds is 4. The van der Waals surface area contributed by atoms with E-state index in [1.807, 2.05) is 17.5 Å². The van der Waals surface area contributed by atoms with Crippen molar-refractivity contribution in [3.63, 3.8) is 0 Å². The zero-order valence-corrected chi connectivity index (χ0v) is 12.5. The molecule has 0 amide bonds. The van der Waals surface area contributed by atoms with E-state index in [4.69, 9.17) is 0 Å². The Kier molecular flexibility index (Phi) is 3.47. The monoisotopic (exact) mass is 301 g/mol. The molecule has 1 unspecified atom stereocenters. The molecule has 1 N–H and O–H groups in total. The maximum atomic E-state index is 11.5. The van der Waals surface area contributed by atoms with Gasteiger partial charge in [-0.25, -0.2) is 9.48 Å². The fraction of sp³-hybridized carbons (Fsp3) is 0.267. The van der Waals surface area contributed by atoms with Crippen LogP contribution in [0, 0.1) is 5.92 Å². The lowest BCUT2D eigenvalue weighted by Crippen LogP contribution is -2.18. The molecule has 0 aliphatic rings. The van der Waals surface area contributed by atoms with E-state index in [9.17, 15) is 9.90 Å². The summed E-state index contributed by atoms with van der Waals surface area (Å²) in [7, 11) is 0. The number of benzene rings is 1. The highest BCUT2D eigenvalue weighted by Crippen LogP contribution is 2.32. The molecule has 2 aromatic heterocycles. The fourth-order valence-corrected chi connectivity index (χ4v) is 3.54. The predicted octanol–water partition coefficient (Wildman–Crippen LogP) is 3.44. The van der Waals surface area contributed by atoms with Crippen molar-refractivity contribution in [1.82, 2.24) is 15.0 Å². The van der Waals surface area contributed by atoms with E-state index in [0.29, 0.717) is 11.0 Å². The molecule has 0 bridgehead atoms. The zero-order valence-electron chi connectivity index (χ0n) is 11.7. The van der Waals surface area contributed by atoms with Crippen molar-refractivity contribution in [2.45, 2.75) is 19.9 Å². The van der Waals surface area contributed by atoms with Crippen molar-refractivity contribution in [1.29, 1.82) is 0 Å². The number of thiophene rings is 1. The molecule has 0 saturated carbocycles. The summed E-state index contributed by atoms with van der Waals surface area (Å²) in [5.74, 6) is -0.687. The van der Waals surface area contributed by atoms with Gasteiger partial charge in [-0.3, -0.25) is 0 Å². The van der Waals surface area contributed by atoms with Gasteiger partial charge in [0.25, 0.3) is 0 Å². The number of hydrogen-bond donors (Lipinski definition) is 1. The van der Waals surface area contributed by atoms with E-state index >= 15 is 0 Å². The maximum absolute atomic E-state index is 11.5. The Hall–Kier alpha value is -2.21. The third kappa shape index (κ3) is 2.31. The Labute approximate surface area is 125 Å². The Morgan fingerprint density at radius 3 is 2.71 bits per heavy atom. The lowest BCUT2D eigenvalue weighted by Gasteiger charge is -2.20. The van der Waals surface area contributed by atoms with Crippen LogP contribution in [-0.4, -0.2) is 26.1 Å². The first-order valence-electron chi connectivity index (χ1n) is 6.70. The van der Waals surface area contributed by atoms with Crippen molar-refractivity contribution >= 4 is 28.3 Å². The number of fused-ring (bicyclic) bond motifs is 1. The number of hydrogen-bond acceptors (Lipinski definition) is 4. The van der Waals surface area contributed by atoms with Crippen molar-refractivity contribution in [3.05, 3.63) is 46.2 Å². The minimum absolute atomic E-state index is 0.0181. The van der Waals surface area contributed by atoms with E-state index in [-0.39, 0.29) is 17.5 Å². The quantitative estimate of drug-likeness (QED) is 0.801. The molecule has 21 heavy (non-hydrogen) atoms. The third-order valence-electron chi connectivity index (χ3n) is 3.45. The highest BCUT2D eigenvalue weighted by Gasteiger charge is 2.25. The molecule has 1 aromatic carbocycles. The number of aromatic carboxylic acids is 1. The summed E-state index contributed by atoms with van der Waals surface area (Å²) in [5.41, 5.74) is 1.42. The summed E-state index contributed by atoms with van der Waals surface area (Å²) in [6.07, 6.45) is 0. The second kappa shape index (κ2) is 5.29. The zero-order chi connectivity index (χ0) is 15.0. The molecule has 0 spiro atoms. The standard InChI is InChI=1S/C15H15N3O2S/c1-9(2)13(12-7-4-8-21-12)18-14-10(15(19)20)5-3-6-11(14)16-17-18/h3-9,13H,1-2H3,(H,19,20). The highest BCUT2D eigenvalue weighted by molar-refractivity contribution is 7.10. The molecule has 0 saturated heterocycles. The molecule has 0 aliphatic heterocycles. The van der Waals surface area contributed by atoms with Gasteiger partial charge in [-0.15, -0.1) is 16.4 Å². The second-order valence-corrected chi connectivity index (χ2v) is 6.20. The second-order valence-electron chi connectivity index (χ2n) is 5.22. The van der Waals surface area contributed by atoms with Crippen LogP contribution in [0.1, 0.15) is 35.1 Å². The van der Waals surface area contributed by atoms with E-state index in [2.05, 4.69) is 24.2 Å². The van der Waals surface area contributed by atoms with Gasteiger partial charge in [0.2, 0.25) is 0 Å². The van der Waals surface area contributed by atoms with Gasteiger partial charge in [0, 0.05) is 4.88 Å². The van der Waals surface area contributed by atoms with Gasteiger partial charge in [-0.1, -0.05) is 31.2 Å². The average Bonchev–Trinajstić information content (AvgIpc) is 3.09. The minimum atomic E-state index is -0.960. The van der Waals surface area contributed by atoms with Crippen LogP contribution in [0.5, 0.6) is 0 Å². The van der Waals surface area contributed by atoms with E-state index in [0.717, 1.165) is 4.88 Å². The highest BCUT2D eigenvalue weighted by atomic mass is 32.1. The van der Waals surface area contributed by atoms with Crippen LogP contribution in [0.25, 0.3) is 11.0 Å². The number of carboxylic acid groups (broad SMARTS) is 1. The fourth-order valence-electron chi connectivity index (χ4n) is 2.55. The van der Waals surface area contributed by atoms with Gasteiger partial charge in [0.15, 0.2) is 0 Å². The van der Waals surface area contributed by atoms with Gasteiger partial charge >= 0.3 is 5.97 Å². The topological polar surface area (TPSA) is 68.0 Å². The van der Waals surface area contributed by atoms with Crippen LogP contribution in [0.15, 0.2) is 35.7 Å². The number of para-hydroxylation sites is 1. The van der Waals surface area contributed by atoms with Gasteiger partial charge < -0.3 is 5.11 Å². The first kappa shape index (κ1) is 13.8. The molecular weight excluding hydrogens is 286 g/mol. The molecule has 3 aromatic rings. The molecule has 0 aliphatic carbocycles. The Morgan fingerprint density at radius 2 is 2.10 bits per heavy atom. The summed E-state index contributed by atoms with van der Waals surface area (Å²) < 4.78 is 1.75. The molecule has 6 heteroatoms. The predicted molar refractivity (Wildman–Crippen MR) is 81.8 cm³/mol. The Morgan fingerprint density at radius 1 is 1.29 bits per heavy atom. The molecule has 0 radical (unpaired) electrons. The summed E-state index contributed by atoms with van der Waals surface area (Å²) in [4.78, 5) is 12.6. The van der Waals surface area contributed by atoms with Crippen molar-refractivity contribution in [3.8, 4) is 0 Å². The molecule has 108 valence electrons. The van der Waals surface area contributed by atoms with Crippen LogP contribution in [0.2, 0.25) is 0 Å². The average molecular weight is 301 g/mol. The SMILES string of the molecule is CC(C)C(c1cccs1)n1nnc2cccc(C(=O)O)c21. The van der Waals surface area contributed by atoms with Crippen LogP contribution in [-0.2, 0) is 0 Å². The smallest absolute Gasteiger partial charge is 0.337 e. The molecule has 1 atom stereocenters. The number of nitrogens with zero attached hydrogens (tertiary/aromatic N) is 3. The third-order valence-corrected chi connectivity index (χ3v) is 4.40. The van der Waals surface area contributed by atoms with E-state index < -0.39 is 5.97 Å². The largest absolute Gasteiger partial charge is 0.478 e. The Balaban J connectivity index is 2.26. The Bertz CT molecular complexity index is 777. The number of carboxylic acids is 1. The molecule has 2 heterocycles. The van der Waals surface area contributed by atoms with Crippen LogP contribution < -0.4 is 0 Å². The molecular formula is C15H15N3O2S. The van der Waals surface area contributed by atoms with Gasteiger partial charge in [-0.2, -0.15) is 0 Å². The van der Waals surface area contributed by atoms with Crippen LogP contribution >= 0.6 is 11.3 Å². The van der Waals surface area contributed by atoms with Gasteiger partial charge in [0.1, 0.15) is 11.0 Å². The molecule has 0 fully saturated rings. The lowest BCUT2D eigenvalue weighted by molar-refractivity contribution is 0.0698. The maximum Gasteiger partial charge on any atom is 0.337 e. The number of aromatic nitrogens is 3. The van der Waals surface area contributed by atoms with Crippen molar-refractivity contribution in [2.24, 2.45) is 5.92 Å². The summed E-state index contributed by atoms with van der Waals surface area (Å²) >= 11 is 1.64. The minimum Gasteiger partial charge on any atom is -0.478 e. The first-order valence-corrected chi connectivity index (χ1v) is 7.58. The first-order chi connectivity index (χ1) is 10.1. The van der Waals surface area contributed by atoms with Crippen molar-refractivity contribution < 1.29 is 9.90 Å². The molecule has 3 rings (SSSR count). The van der Waals surface area contributed by atoms with Crippen LogP contribution in [0.3, 0.4) is 0 Å².